The molecule has 3 fully saturated rings. The summed E-state index contributed by atoms with van der Waals surface area (Å²) in [5.74, 6) is 1.14. The van der Waals surface area contributed by atoms with Crippen molar-refractivity contribution in [2.45, 2.75) is 70.6 Å². The molecule has 1 aromatic heterocycles. The number of aromatic nitrogens is 1. The second kappa shape index (κ2) is 11.5. The van der Waals surface area contributed by atoms with Crippen molar-refractivity contribution in [3.63, 3.8) is 0 Å². The van der Waals surface area contributed by atoms with Gasteiger partial charge in [0.15, 0.2) is 0 Å². The van der Waals surface area contributed by atoms with E-state index in [0.717, 1.165) is 88.5 Å². The SMILES string of the molecule is Cc1nc(C2CCC2)sc1CC(=O)NCCCCCN1CCN(C(=O)C2(CN(C)C)CC2)CC1. The first-order valence-electron chi connectivity index (χ1n) is 13.3. The Labute approximate surface area is 209 Å². The molecule has 7 nitrogen and oxygen atoms in total. The van der Waals surface area contributed by atoms with Crippen molar-refractivity contribution in [1.29, 1.82) is 0 Å². The van der Waals surface area contributed by atoms with E-state index in [1.54, 1.807) is 11.3 Å². The molecular formula is C26H43N5O2S. The smallest absolute Gasteiger partial charge is 0.230 e. The van der Waals surface area contributed by atoms with E-state index in [1.807, 2.05) is 6.92 Å². The van der Waals surface area contributed by atoms with Gasteiger partial charge in [-0.1, -0.05) is 12.8 Å². The summed E-state index contributed by atoms with van der Waals surface area (Å²) in [6.07, 6.45) is 9.67. The molecule has 0 bridgehead atoms. The lowest BCUT2D eigenvalue weighted by molar-refractivity contribution is -0.139. The molecule has 0 aromatic carbocycles. The van der Waals surface area contributed by atoms with Crippen molar-refractivity contribution in [2.24, 2.45) is 5.41 Å². The van der Waals surface area contributed by atoms with Crippen LogP contribution in [-0.2, 0) is 16.0 Å². The first-order valence-corrected chi connectivity index (χ1v) is 14.1. The predicted octanol–water partition coefficient (Wildman–Crippen LogP) is 3.03. The van der Waals surface area contributed by atoms with Gasteiger partial charge in [0.1, 0.15) is 0 Å². The average molecular weight is 490 g/mol. The minimum absolute atomic E-state index is 0.0896. The van der Waals surface area contributed by atoms with E-state index in [9.17, 15) is 9.59 Å². The third-order valence-electron chi connectivity index (χ3n) is 7.74. The fourth-order valence-corrected chi connectivity index (χ4v) is 6.46. The highest BCUT2D eigenvalue weighted by Gasteiger charge is 2.51. The van der Waals surface area contributed by atoms with Gasteiger partial charge in [-0.3, -0.25) is 14.5 Å². The topological polar surface area (TPSA) is 68.8 Å². The Balaban J connectivity index is 1.05. The molecular weight excluding hydrogens is 446 g/mol. The van der Waals surface area contributed by atoms with E-state index in [2.05, 4.69) is 34.1 Å². The molecule has 190 valence electrons. The van der Waals surface area contributed by atoms with Crippen molar-refractivity contribution < 1.29 is 9.59 Å². The van der Waals surface area contributed by atoms with Crippen molar-refractivity contribution in [3.8, 4) is 0 Å². The zero-order valence-electron chi connectivity index (χ0n) is 21.4. The molecule has 8 heteroatoms. The molecule has 1 aliphatic heterocycles. The molecule has 2 saturated carbocycles. The molecule has 4 rings (SSSR count). The van der Waals surface area contributed by atoms with Crippen LogP contribution in [0.15, 0.2) is 0 Å². The number of rotatable bonds is 12. The quantitative estimate of drug-likeness (QED) is 0.457. The summed E-state index contributed by atoms with van der Waals surface area (Å²) in [4.78, 5) is 37.9. The van der Waals surface area contributed by atoms with E-state index in [4.69, 9.17) is 4.98 Å². The predicted molar refractivity (Wildman–Crippen MR) is 137 cm³/mol. The summed E-state index contributed by atoms with van der Waals surface area (Å²) >= 11 is 1.74. The highest BCUT2D eigenvalue weighted by atomic mass is 32.1. The molecule has 0 atom stereocenters. The van der Waals surface area contributed by atoms with Crippen molar-refractivity contribution in [3.05, 3.63) is 15.6 Å². The monoisotopic (exact) mass is 489 g/mol. The molecule has 0 radical (unpaired) electrons. The lowest BCUT2D eigenvalue weighted by Gasteiger charge is -2.37. The summed E-state index contributed by atoms with van der Waals surface area (Å²) in [5.41, 5.74) is 0.946. The van der Waals surface area contributed by atoms with Gasteiger partial charge in [-0.2, -0.15) is 0 Å². The zero-order chi connectivity index (χ0) is 24.1. The third kappa shape index (κ3) is 6.58. The lowest BCUT2D eigenvalue weighted by Crippen LogP contribution is -2.52. The first kappa shape index (κ1) is 25.6. The number of amides is 2. The van der Waals surface area contributed by atoms with Crippen molar-refractivity contribution in [1.82, 2.24) is 25.0 Å². The minimum Gasteiger partial charge on any atom is -0.356 e. The van der Waals surface area contributed by atoms with Crippen LogP contribution in [0, 0.1) is 12.3 Å². The van der Waals surface area contributed by atoms with E-state index >= 15 is 0 Å². The Hall–Kier alpha value is -1.51. The first-order chi connectivity index (χ1) is 16.4. The maximum absolute atomic E-state index is 12.9. The van der Waals surface area contributed by atoms with Gasteiger partial charge in [0.05, 0.1) is 22.5 Å². The van der Waals surface area contributed by atoms with Gasteiger partial charge in [0.2, 0.25) is 11.8 Å². The Bertz CT molecular complexity index is 838. The maximum atomic E-state index is 12.9. The summed E-state index contributed by atoms with van der Waals surface area (Å²) in [6, 6.07) is 0. The summed E-state index contributed by atoms with van der Waals surface area (Å²) in [6.45, 7) is 8.45. The van der Waals surface area contributed by atoms with E-state index < -0.39 is 0 Å². The largest absolute Gasteiger partial charge is 0.356 e. The zero-order valence-corrected chi connectivity index (χ0v) is 22.2. The molecule has 2 heterocycles. The van der Waals surface area contributed by atoms with Crippen LogP contribution in [0.4, 0.5) is 0 Å². The van der Waals surface area contributed by atoms with Crippen LogP contribution in [0.1, 0.15) is 72.9 Å². The second-order valence-electron chi connectivity index (χ2n) is 10.9. The fourth-order valence-electron chi connectivity index (χ4n) is 5.22. The molecule has 2 aliphatic carbocycles. The van der Waals surface area contributed by atoms with Crippen LogP contribution in [0.2, 0.25) is 0 Å². The number of thiazole rings is 1. The molecule has 3 aliphatic rings. The van der Waals surface area contributed by atoms with Crippen molar-refractivity contribution >= 4 is 23.2 Å². The minimum atomic E-state index is -0.0896. The summed E-state index contributed by atoms with van der Waals surface area (Å²) in [5, 5.41) is 4.33. The number of carbonyl (C=O) groups excluding carboxylic acids is 2. The Kier molecular flexibility index (Phi) is 8.64. The van der Waals surface area contributed by atoms with Gasteiger partial charge < -0.3 is 15.1 Å². The number of piperazine rings is 1. The van der Waals surface area contributed by atoms with E-state index in [1.165, 1.54) is 24.3 Å². The molecule has 2 amide bonds. The molecule has 34 heavy (non-hydrogen) atoms. The molecule has 0 unspecified atom stereocenters. The normalized spacial score (nSPS) is 20.4. The van der Waals surface area contributed by atoms with Crippen molar-refractivity contribution in [2.75, 3.05) is 59.9 Å². The van der Waals surface area contributed by atoms with Crippen LogP contribution >= 0.6 is 11.3 Å². The number of aryl methyl sites for hydroxylation is 1. The number of nitrogens with zero attached hydrogens (tertiary/aromatic N) is 4. The fraction of sp³-hybridized carbons (Fsp3) is 0.808. The van der Waals surface area contributed by atoms with Crippen LogP contribution in [-0.4, -0.2) is 91.4 Å². The van der Waals surface area contributed by atoms with Gasteiger partial charge in [0, 0.05) is 50.1 Å². The van der Waals surface area contributed by atoms with Crippen LogP contribution in [0.5, 0.6) is 0 Å². The van der Waals surface area contributed by atoms with Gasteiger partial charge in [-0.05, 0) is 66.1 Å². The highest BCUT2D eigenvalue weighted by molar-refractivity contribution is 7.12. The number of carbonyl (C=O) groups is 2. The maximum Gasteiger partial charge on any atom is 0.230 e. The van der Waals surface area contributed by atoms with Crippen LogP contribution < -0.4 is 5.32 Å². The van der Waals surface area contributed by atoms with Gasteiger partial charge in [0.25, 0.3) is 0 Å². The van der Waals surface area contributed by atoms with E-state index in [0.29, 0.717) is 18.2 Å². The average Bonchev–Trinajstić information content (AvgIpc) is 3.45. The number of unbranched alkanes of at least 4 members (excludes halogenated alkanes) is 2. The highest BCUT2D eigenvalue weighted by Crippen LogP contribution is 2.47. The third-order valence-corrected chi connectivity index (χ3v) is 9.06. The molecule has 1 aromatic rings. The lowest BCUT2D eigenvalue weighted by atomic mass is 9.86. The van der Waals surface area contributed by atoms with Gasteiger partial charge >= 0.3 is 0 Å². The number of nitrogens with one attached hydrogen (secondary N) is 1. The number of hydrogen-bond acceptors (Lipinski definition) is 6. The second-order valence-corrected chi connectivity index (χ2v) is 12.0. The summed E-state index contributed by atoms with van der Waals surface area (Å²) < 4.78 is 0. The van der Waals surface area contributed by atoms with Gasteiger partial charge in [-0.25, -0.2) is 4.98 Å². The standard InChI is InChI=1S/C26H43N5O2S/c1-20-22(34-24(28-20)21-8-7-9-21)18-23(32)27-12-5-4-6-13-30-14-16-31(17-15-30)25(33)26(10-11-26)19-29(2)3/h21H,4-19H2,1-3H3,(H,27,32). The van der Waals surface area contributed by atoms with E-state index in [-0.39, 0.29) is 11.3 Å². The molecule has 1 N–H and O–H groups in total. The molecule has 0 spiro atoms. The Morgan fingerprint density at radius 2 is 1.85 bits per heavy atom. The Morgan fingerprint density at radius 3 is 2.47 bits per heavy atom. The molecule has 1 saturated heterocycles. The van der Waals surface area contributed by atoms with Crippen LogP contribution in [0.3, 0.4) is 0 Å². The Morgan fingerprint density at radius 1 is 1.12 bits per heavy atom. The summed E-state index contributed by atoms with van der Waals surface area (Å²) in [7, 11) is 4.12. The van der Waals surface area contributed by atoms with Crippen LogP contribution in [0.25, 0.3) is 0 Å². The number of hydrogen-bond donors (Lipinski definition) is 1. The van der Waals surface area contributed by atoms with Gasteiger partial charge in [-0.15, -0.1) is 11.3 Å².